The van der Waals surface area contributed by atoms with E-state index in [0.29, 0.717) is 22.7 Å². The summed E-state index contributed by atoms with van der Waals surface area (Å²) in [4.78, 5) is 51.4. The Bertz CT molecular complexity index is 1510. The van der Waals surface area contributed by atoms with Crippen molar-refractivity contribution in [3.05, 3.63) is 87.2 Å². The topological polar surface area (TPSA) is 114 Å². The highest BCUT2D eigenvalue weighted by atomic mass is 79.9. The molecule has 1 aliphatic rings. The van der Waals surface area contributed by atoms with Gasteiger partial charge >= 0.3 is 0 Å². The van der Waals surface area contributed by atoms with Gasteiger partial charge in [0.15, 0.2) is 18.1 Å². The van der Waals surface area contributed by atoms with Crippen molar-refractivity contribution in [2.24, 2.45) is 0 Å². The van der Waals surface area contributed by atoms with E-state index in [1.807, 2.05) is 24.3 Å². The smallest absolute Gasteiger partial charge is 0.294 e. The zero-order chi connectivity index (χ0) is 29.5. The van der Waals surface area contributed by atoms with Crippen molar-refractivity contribution < 1.29 is 28.7 Å². The highest BCUT2D eigenvalue weighted by Gasteiger charge is 2.36. The molecule has 0 spiro atoms. The van der Waals surface area contributed by atoms with Crippen LogP contribution in [0.2, 0.25) is 0 Å². The predicted molar refractivity (Wildman–Crippen MR) is 163 cm³/mol. The summed E-state index contributed by atoms with van der Waals surface area (Å²) in [6, 6.07) is 19.5. The van der Waals surface area contributed by atoms with Gasteiger partial charge in [-0.15, -0.1) is 0 Å². The molecule has 0 bridgehead atoms. The molecule has 3 aromatic rings. The molecular formula is C30H28BrN3O6S. The molecule has 11 heteroatoms. The van der Waals surface area contributed by atoms with Crippen LogP contribution in [-0.2, 0) is 14.4 Å². The second-order valence-corrected chi connectivity index (χ2v) is 11.2. The molecule has 0 unspecified atom stereocenters. The summed E-state index contributed by atoms with van der Waals surface area (Å²) in [7, 11) is 1.46. The Hall–Kier alpha value is -4.09. The van der Waals surface area contributed by atoms with E-state index < -0.39 is 23.6 Å². The SMILES string of the molecule is COc1cc(/C=C2\SC(=O)N(CC(=O)Nc3ccc(Br)cc3)C2=O)ccc1OCC(=O)Nc1ccccc1C(C)C. The van der Waals surface area contributed by atoms with Crippen molar-refractivity contribution >= 4 is 68.1 Å². The van der Waals surface area contributed by atoms with Crippen LogP contribution in [0.25, 0.3) is 6.08 Å². The van der Waals surface area contributed by atoms with Gasteiger partial charge in [-0.1, -0.05) is 54.0 Å². The van der Waals surface area contributed by atoms with E-state index in [2.05, 4.69) is 40.4 Å². The first kappa shape index (κ1) is 29.9. The zero-order valence-electron chi connectivity index (χ0n) is 22.6. The van der Waals surface area contributed by atoms with Gasteiger partial charge in [-0.2, -0.15) is 0 Å². The Morgan fingerprint density at radius 2 is 1.71 bits per heavy atom. The monoisotopic (exact) mass is 637 g/mol. The van der Waals surface area contributed by atoms with Crippen LogP contribution in [0.1, 0.15) is 30.9 Å². The summed E-state index contributed by atoms with van der Waals surface area (Å²) in [5.41, 5.74) is 2.89. The van der Waals surface area contributed by atoms with E-state index in [-0.39, 0.29) is 23.3 Å². The Morgan fingerprint density at radius 1 is 0.976 bits per heavy atom. The Morgan fingerprint density at radius 3 is 2.41 bits per heavy atom. The minimum atomic E-state index is -0.566. The Balaban J connectivity index is 1.38. The number of benzene rings is 3. The second-order valence-electron chi connectivity index (χ2n) is 9.31. The fraction of sp³-hybridized carbons (Fsp3) is 0.200. The molecule has 4 rings (SSSR count). The van der Waals surface area contributed by atoms with Crippen LogP contribution in [-0.4, -0.2) is 48.1 Å². The highest BCUT2D eigenvalue weighted by molar-refractivity contribution is 9.10. The number of imide groups is 1. The van der Waals surface area contributed by atoms with Crippen LogP contribution in [0.3, 0.4) is 0 Å². The number of hydrogen-bond donors (Lipinski definition) is 2. The number of para-hydroxylation sites is 1. The molecule has 4 amide bonds. The number of methoxy groups -OCH3 is 1. The average Bonchev–Trinajstić information content (AvgIpc) is 3.20. The lowest BCUT2D eigenvalue weighted by Gasteiger charge is -2.15. The molecule has 0 saturated carbocycles. The van der Waals surface area contributed by atoms with E-state index in [1.54, 1.807) is 48.5 Å². The number of amides is 4. The minimum absolute atomic E-state index is 0.172. The maximum atomic E-state index is 12.9. The second kappa shape index (κ2) is 13.5. The number of carbonyl (C=O) groups excluding carboxylic acids is 4. The minimum Gasteiger partial charge on any atom is -0.493 e. The van der Waals surface area contributed by atoms with Gasteiger partial charge in [-0.05, 0) is 77.3 Å². The number of ether oxygens (including phenoxy) is 2. The molecule has 1 aliphatic heterocycles. The van der Waals surface area contributed by atoms with Crippen molar-refractivity contribution in [3.8, 4) is 11.5 Å². The first-order chi connectivity index (χ1) is 19.6. The Labute approximate surface area is 250 Å². The third kappa shape index (κ3) is 7.77. The highest BCUT2D eigenvalue weighted by Crippen LogP contribution is 2.34. The third-order valence-corrected chi connectivity index (χ3v) is 7.44. The van der Waals surface area contributed by atoms with E-state index in [9.17, 15) is 19.2 Å². The zero-order valence-corrected chi connectivity index (χ0v) is 25.0. The van der Waals surface area contributed by atoms with Crippen LogP contribution >= 0.6 is 27.7 Å². The van der Waals surface area contributed by atoms with Crippen molar-refractivity contribution in [1.82, 2.24) is 4.90 Å². The number of thioether (sulfide) groups is 1. The fourth-order valence-electron chi connectivity index (χ4n) is 4.00. The van der Waals surface area contributed by atoms with E-state index in [0.717, 1.165) is 32.4 Å². The largest absolute Gasteiger partial charge is 0.493 e. The quantitative estimate of drug-likeness (QED) is 0.252. The van der Waals surface area contributed by atoms with Gasteiger partial charge in [0.2, 0.25) is 5.91 Å². The standard InChI is InChI=1S/C30H28BrN3O6S/c1-18(2)22-6-4-5-7-23(22)33-28(36)17-40-24-13-8-19(14-25(24)39-3)15-26-29(37)34(30(38)41-26)16-27(35)32-21-11-9-20(31)10-12-21/h4-15,18H,16-17H2,1-3H3,(H,32,35)(H,33,36)/b26-15-. The van der Waals surface area contributed by atoms with Crippen LogP contribution < -0.4 is 20.1 Å². The van der Waals surface area contributed by atoms with Gasteiger partial charge in [0.05, 0.1) is 12.0 Å². The fourth-order valence-corrected chi connectivity index (χ4v) is 5.10. The van der Waals surface area contributed by atoms with Crippen molar-refractivity contribution in [2.45, 2.75) is 19.8 Å². The molecule has 1 fully saturated rings. The lowest BCUT2D eigenvalue weighted by Crippen LogP contribution is -2.36. The van der Waals surface area contributed by atoms with Gasteiger partial charge < -0.3 is 20.1 Å². The number of hydrogen-bond acceptors (Lipinski definition) is 7. The lowest BCUT2D eigenvalue weighted by molar-refractivity contribution is -0.127. The predicted octanol–water partition coefficient (Wildman–Crippen LogP) is 6.27. The summed E-state index contributed by atoms with van der Waals surface area (Å²) in [6.07, 6.45) is 1.54. The summed E-state index contributed by atoms with van der Waals surface area (Å²) in [5, 5.41) is 5.01. The van der Waals surface area contributed by atoms with E-state index >= 15 is 0 Å². The summed E-state index contributed by atoms with van der Waals surface area (Å²) in [5.74, 6) is -0.436. The van der Waals surface area contributed by atoms with Crippen LogP contribution in [0.15, 0.2) is 76.1 Å². The van der Waals surface area contributed by atoms with Gasteiger partial charge in [0.1, 0.15) is 6.54 Å². The Kier molecular flexibility index (Phi) is 9.85. The molecule has 9 nitrogen and oxygen atoms in total. The van der Waals surface area contributed by atoms with Crippen LogP contribution in [0.4, 0.5) is 16.2 Å². The molecule has 0 radical (unpaired) electrons. The molecule has 2 N–H and O–H groups in total. The molecule has 41 heavy (non-hydrogen) atoms. The van der Waals surface area contributed by atoms with Crippen molar-refractivity contribution in [1.29, 1.82) is 0 Å². The maximum absolute atomic E-state index is 12.9. The first-order valence-corrected chi connectivity index (χ1v) is 14.3. The van der Waals surface area contributed by atoms with Crippen LogP contribution in [0, 0.1) is 0 Å². The summed E-state index contributed by atoms with van der Waals surface area (Å²) >= 11 is 4.08. The van der Waals surface area contributed by atoms with E-state index in [1.165, 1.54) is 7.11 Å². The number of halogens is 1. The van der Waals surface area contributed by atoms with Crippen molar-refractivity contribution in [3.63, 3.8) is 0 Å². The van der Waals surface area contributed by atoms with Gasteiger partial charge in [-0.25, -0.2) is 0 Å². The average molecular weight is 639 g/mol. The summed E-state index contributed by atoms with van der Waals surface area (Å²) in [6.45, 7) is 3.47. The lowest BCUT2D eigenvalue weighted by atomic mass is 10.0. The number of carbonyl (C=O) groups is 4. The van der Waals surface area contributed by atoms with Gasteiger partial charge in [-0.3, -0.25) is 24.1 Å². The molecule has 1 heterocycles. The number of rotatable bonds is 10. The van der Waals surface area contributed by atoms with Crippen molar-refractivity contribution in [2.75, 3.05) is 30.9 Å². The molecular weight excluding hydrogens is 610 g/mol. The third-order valence-electron chi connectivity index (χ3n) is 6.00. The normalized spacial score (nSPS) is 14.0. The van der Waals surface area contributed by atoms with Gasteiger partial charge in [0.25, 0.3) is 17.1 Å². The van der Waals surface area contributed by atoms with E-state index in [4.69, 9.17) is 9.47 Å². The summed E-state index contributed by atoms with van der Waals surface area (Å²) < 4.78 is 12.0. The molecule has 0 aromatic heterocycles. The molecule has 3 aromatic carbocycles. The van der Waals surface area contributed by atoms with Gasteiger partial charge in [0, 0.05) is 15.8 Å². The number of nitrogens with zero attached hydrogens (tertiary/aromatic N) is 1. The molecule has 212 valence electrons. The number of anilines is 2. The first-order valence-electron chi connectivity index (χ1n) is 12.6. The van der Waals surface area contributed by atoms with Crippen LogP contribution in [0.5, 0.6) is 11.5 Å². The molecule has 1 saturated heterocycles. The number of nitrogens with one attached hydrogen (secondary N) is 2. The molecule has 0 atom stereocenters. The molecule has 0 aliphatic carbocycles. The maximum Gasteiger partial charge on any atom is 0.294 e.